The van der Waals surface area contributed by atoms with Gasteiger partial charge in [-0.1, -0.05) is 57.6 Å². The monoisotopic (exact) mass is 278 g/mol. The normalized spacial score (nSPS) is 10.4. The maximum atomic E-state index is 10.3. The van der Waals surface area contributed by atoms with E-state index in [4.69, 9.17) is 5.11 Å². The molecule has 0 unspecified atom stereocenters. The quantitative estimate of drug-likeness (QED) is 0.268. The molecular weight excluding hydrogens is 248 g/mol. The number of hydrogen-bond acceptors (Lipinski definition) is 1. The molecule has 0 radical (unpaired) electrons. The van der Waals surface area contributed by atoms with E-state index in [2.05, 4.69) is 24.8 Å². The number of carboxylic acids is 1. The van der Waals surface area contributed by atoms with Crippen LogP contribution in [0.15, 0.2) is 30.0 Å². The van der Waals surface area contributed by atoms with E-state index in [1.54, 1.807) is 6.08 Å². The van der Waals surface area contributed by atoms with E-state index in [9.17, 15) is 4.79 Å². The molecule has 0 bridgehead atoms. The molecule has 0 aromatic heterocycles. The van der Waals surface area contributed by atoms with Crippen LogP contribution in [0.3, 0.4) is 0 Å². The van der Waals surface area contributed by atoms with E-state index >= 15 is 0 Å². The summed E-state index contributed by atoms with van der Waals surface area (Å²) >= 11 is 0. The van der Waals surface area contributed by atoms with Crippen LogP contribution in [0.2, 0.25) is 0 Å². The van der Waals surface area contributed by atoms with Gasteiger partial charge in [0.25, 0.3) is 0 Å². The molecular formula is C18H30O2. The maximum absolute atomic E-state index is 10.3. The molecule has 0 amide bonds. The summed E-state index contributed by atoms with van der Waals surface area (Å²) in [5.41, 5.74) is 3.01. The van der Waals surface area contributed by atoms with Crippen LogP contribution in [0.25, 0.3) is 0 Å². The van der Waals surface area contributed by atoms with Crippen LogP contribution >= 0.6 is 0 Å². The third kappa shape index (κ3) is 16.7. The van der Waals surface area contributed by atoms with Crippen LogP contribution in [-0.4, -0.2) is 11.1 Å². The Kier molecular flexibility index (Phi) is 14.8. The summed E-state index contributed by atoms with van der Waals surface area (Å²) in [6, 6.07) is 0. The van der Waals surface area contributed by atoms with Crippen LogP contribution in [0.1, 0.15) is 77.6 Å². The van der Waals surface area contributed by atoms with Gasteiger partial charge in [0, 0.05) is 6.42 Å². The number of rotatable bonds is 13. The Morgan fingerprint density at radius 1 is 0.950 bits per heavy atom. The lowest BCUT2D eigenvalue weighted by Gasteiger charge is -1.98. The van der Waals surface area contributed by atoms with E-state index in [1.807, 2.05) is 6.08 Å². The lowest BCUT2D eigenvalue weighted by atomic mass is 10.1. The zero-order valence-electron chi connectivity index (χ0n) is 12.9. The van der Waals surface area contributed by atoms with Crippen molar-refractivity contribution in [1.82, 2.24) is 0 Å². The van der Waals surface area contributed by atoms with Gasteiger partial charge in [0.1, 0.15) is 0 Å². The van der Waals surface area contributed by atoms with Gasteiger partial charge in [-0.15, -0.1) is 5.73 Å². The van der Waals surface area contributed by atoms with Crippen molar-refractivity contribution < 1.29 is 9.90 Å². The highest BCUT2D eigenvalue weighted by molar-refractivity contribution is 5.66. The minimum atomic E-state index is -0.752. The van der Waals surface area contributed by atoms with Crippen molar-refractivity contribution in [3.05, 3.63) is 30.0 Å². The molecule has 0 aromatic rings. The van der Waals surface area contributed by atoms with E-state index in [-0.39, 0.29) is 6.42 Å². The molecule has 0 aliphatic carbocycles. The molecule has 1 N–H and O–H groups in total. The first kappa shape index (κ1) is 18.7. The maximum Gasteiger partial charge on any atom is 0.303 e. The smallest absolute Gasteiger partial charge is 0.303 e. The van der Waals surface area contributed by atoms with Crippen LogP contribution in [0.5, 0.6) is 0 Å². The number of aliphatic carboxylic acids is 1. The van der Waals surface area contributed by atoms with Gasteiger partial charge in [-0.05, 0) is 37.8 Å². The number of allylic oxidation sites excluding steroid dienone is 3. The van der Waals surface area contributed by atoms with Crippen molar-refractivity contribution in [1.29, 1.82) is 0 Å². The Morgan fingerprint density at radius 3 is 2.35 bits per heavy atom. The zero-order valence-corrected chi connectivity index (χ0v) is 12.9. The molecule has 0 atom stereocenters. The minimum absolute atomic E-state index is 0.189. The average molecular weight is 278 g/mol. The highest BCUT2D eigenvalue weighted by atomic mass is 16.4. The fraction of sp³-hybridized carbons (Fsp3) is 0.667. The first-order valence-electron chi connectivity index (χ1n) is 8.03. The number of carbonyl (C=O) groups is 1. The first-order valence-corrected chi connectivity index (χ1v) is 8.03. The van der Waals surface area contributed by atoms with E-state index < -0.39 is 5.97 Å². The second-order valence-corrected chi connectivity index (χ2v) is 5.12. The van der Waals surface area contributed by atoms with Gasteiger partial charge in [0.05, 0.1) is 0 Å². The molecule has 0 spiro atoms. The molecule has 0 aromatic carbocycles. The van der Waals surface area contributed by atoms with Crippen LogP contribution < -0.4 is 0 Å². The molecule has 0 aliphatic heterocycles. The molecule has 2 heteroatoms. The van der Waals surface area contributed by atoms with E-state index in [0.717, 1.165) is 6.42 Å². The molecule has 0 aliphatic rings. The topological polar surface area (TPSA) is 37.3 Å². The summed E-state index contributed by atoms with van der Waals surface area (Å²) in [6.07, 6.45) is 20.4. The molecule has 0 saturated heterocycles. The predicted octanol–water partition coefficient (Wildman–Crippen LogP) is 5.65. The summed E-state index contributed by atoms with van der Waals surface area (Å²) < 4.78 is 0. The Labute approximate surface area is 124 Å². The van der Waals surface area contributed by atoms with E-state index in [1.165, 1.54) is 51.4 Å². The molecule has 114 valence electrons. The fourth-order valence-corrected chi connectivity index (χ4v) is 1.93. The average Bonchev–Trinajstić information content (AvgIpc) is 2.43. The van der Waals surface area contributed by atoms with E-state index in [0.29, 0.717) is 6.42 Å². The van der Waals surface area contributed by atoms with Gasteiger partial charge in [-0.3, -0.25) is 4.79 Å². The summed E-state index contributed by atoms with van der Waals surface area (Å²) in [5, 5.41) is 8.45. The number of hydrogen-bond donors (Lipinski definition) is 1. The first-order chi connectivity index (χ1) is 9.77. The van der Waals surface area contributed by atoms with Gasteiger partial charge in [0.2, 0.25) is 0 Å². The second-order valence-electron chi connectivity index (χ2n) is 5.12. The lowest BCUT2D eigenvalue weighted by Crippen LogP contribution is -1.91. The summed E-state index contributed by atoms with van der Waals surface area (Å²) in [4.78, 5) is 10.3. The SMILES string of the molecule is CCCCCCCCC/C=C\CC=C=CCCC(=O)O. The third-order valence-electron chi connectivity index (χ3n) is 3.13. The standard InChI is InChI=1S/C18H30O2/c1-2-3-4-5-6-7-8-9-10-11-12-13-14-15-16-17-18(19)20/h10-11,13,15H,2-9,12,16-17H2,1H3,(H,19,20)/b11-10-. The third-order valence-corrected chi connectivity index (χ3v) is 3.13. The number of carboxylic acid groups (broad SMARTS) is 1. The Morgan fingerprint density at radius 2 is 1.65 bits per heavy atom. The van der Waals surface area contributed by atoms with Gasteiger partial charge in [-0.25, -0.2) is 0 Å². The largest absolute Gasteiger partial charge is 0.481 e. The fourth-order valence-electron chi connectivity index (χ4n) is 1.93. The van der Waals surface area contributed by atoms with Crippen LogP contribution in [0, 0.1) is 0 Å². The van der Waals surface area contributed by atoms with Gasteiger partial charge >= 0.3 is 5.97 Å². The lowest BCUT2D eigenvalue weighted by molar-refractivity contribution is -0.136. The molecule has 0 rings (SSSR count). The van der Waals surface area contributed by atoms with Gasteiger partial charge in [0.15, 0.2) is 0 Å². The van der Waals surface area contributed by atoms with Gasteiger partial charge < -0.3 is 5.11 Å². The van der Waals surface area contributed by atoms with Crippen LogP contribution in [0.4, 0.5) is 0 Å². The minimum Gasteiger partial charge on any atom is -0.481 e. The van der Waals surface area contributed by atoms with Crippen molar-refractivity contribution >= 4 is 5.97 Å². The number of unbranched alkanes of at least 4 members (excludes halogenated alkanes) is 7. The summed E-state index contributed by atoms with van der Waals surface area (Å²) in [5.74, 6) is -0.752. The van der Waals surface area contributed by atoms with Crippen molar-refractivity contribution in [2.75, 3.05) is 0 Å². The molecule has 0 saturated carbocycles. The predicted molar refractivity (Wildman–Crippen MR) is 85.9 cm³/mol. The highest BCUT2D eigenvalue weighted by Crippen LogP contribution is 2.08. The molecule has 0 fully saturated rings. The van der Waals surface area contributed by atoms with Crippen LogP contribution in [-0.2, 0) is 4.79 Å². The molecule has 20 heavy (non-hydrogen) atoms. The second kappa shape index (κ2) is 15.8. The molecule has 2 nitrogen and oxygen atoms in total. The zero-order chi connectivity index (χ0) is 14.9. The van der Waals surface area contributed by atoms with Crippen molar-refractivity contribution in [2.45, 2.75) is 77.6 Å². The Balaban J connectivity index is 3.31. The van der Waals surface area contributed by atoms with Gasteiger partial charge in [-0.2, -0.15) is 0 Å². The van der Waals surface area contributed by atoms with Crippen molar-refractivity contribution in [3.8, 4) is 0 Å². The Hall–Kier alpha value is -1.27. The van der Waals surface area contributed by atoms with Crippen molar-refractivity contribution in [2.24, 2.45) is 0 Å². The molecule has 0 heterocycles. The highest BCUT2D eigenvalue weighted by Gasteiger charge is 1.90. The Bertz CT molecular complexity index is 309. The summed E-state index contributed by atoms with van der Waals surface area (Å²) in [6.45, 7) is 2.25. The summed E-state index contributed by atoms with van der Waals surface area (Å²) in [7, 11) is 0. The van der Waals surface area contributed by atoms with Crippen molar-refractivity contribution in [3.63, 3.8) is 0 Å².